The molecule has 106 valence electrons. The first-order valence-corrected chi connectivity index (χ1v) is 7.18. The van der Waals surface area contributed by atoms with E-state index >= 15 is 0 Å². The maximum Gasteiger partial charge on any atom is 0.326 e. The van der Waals surface area contributed by atoms with Crippen LogP contribution in [0.1, 0.15) is 37.7 Å². The van der Waals surface area contributed by atoms with Crippen molar-refractivity contribution in [2.24, 2.45) is 5.92 Å². The molecule has 1 aliphatic carbocycles. The van der Waals surface area contributed by atoms with Crippen LogP contribution in [0.3, 0.4) is 0 Å². The summed E-state index contributed by atoms with van der Waals surface area (Å²) in [4.78, 5) is 11.5. The largest absolute Gasteiger partial charge is 0.480 e. The van der Waals surface area contributed by atoms with E-state index in [9.17, 15) is 9.90 Å². The fourth-order valence-electron chi connectivity index (χ4n) is 2.75. The Morgan fingerprint density at radius 3 is 2.70 bits per heavy atom. The number of carbonyl (C=O) groups is 1. The van der Waals surface area contributed by atoms with Crippen molar-refractivity contribution in [1.29, 1.82) is 5.26 Å². The van der Waals surface area contributed by atoms with E-state index in [1.54, 1.807) is 18.2 Å². The zero-order valence-electron chi connectivity index (χ0n) is 11.1. The van der Waals surface area contributed by atoms with Crippen LogP contribution in [0, 0.1) is 17.2 Å². The van der Waals surface area contributed by atoms with E-state index < -0.39 is 12.0 Å². The van der Waals surface area contributed by atoms with E-state index in [2.05, 4.69) is 5.32 Å². The molecule has 1 aromatic rings. The first-order valence-electron chi connectivity index (χ1n) is 6.81. The van der Waals surface area contributed by atoms with Crippen LogP contribution in [-0.2, 0) is 4.79 Å². The molecule has 2 N–H and O–H groups in total. The summed E-state index contributed by atoms with van der Waals surface area (Å²) in [7, 11) is 0. The second-order valence-corrected chi connectivity index (χ2v) is 5.60. The summed E-state index contributed by atoms with van der Waals surface area (Å²) in [6.45, 7) is 0. The van der Waals surface area contributed by atoms with Gasteiger partial charge in [-0.25, -0.2) is 4.79 Å². The van der Waals surface area contributed by atoms with Crippen LogP contribution >= 0.6 is 11.6 Å². The number of benzene rings is 1. The molecule has 0 aliphatic heterocycles. The highest BCUT2D eigenvalue weighted by Gasteiger charge is 2.29. The lowest BCUT2D eigenvalue weighted by Gasteiger charge is -2.29. The minimum atomic E-state index is -0.865. The van der Waals surface area contributed by atoms with Gasteiger partial charge in [0.05, 0.1) is 11.3 Å². The zero-order valence-corrected chi connectivity index (χ0v) is 11.9. The molecular formula is C15H17ClN2O2. The molecule has 5 heteroatoms. The molecule has 1 atom stereocenters. The van der Waals surface area contributed by atoms with E-state index in [1.165, 1.54) is 6.42 Å². The van der Waals surface area contributed by atoms with Crippen molar-refractivity contribution < 1.29 is 9.90 Å². The highest BCUT2D eigenvalue weighted by molar-refractivity contribution is 6.30. The Morgan fingerprint density at radius 1 is 1.40 bits per heavy atom. The number of carboxylic acids is 1. The van der Waals surface area contributed by atoms with Crippen LogP contribution in [0.4, 0.5) is 5.69 Å². The first-order chi connectivity index (χ1) is 9.61. The highest BCUT2D eigenvalue weighted by atomic mass is 35.5. The van der Waals surface area contributed by atoms with Gasteiger partial charge in [-0.15, -0.1) is 0 Å². The summed E-state index contributed by atoms with van der Waals surface area (Å²) < 4.78 is 0. The van der Waals surface area contributed by atoms with Crippen molar-refractivity contribution >= 4 is 23.3 Å². The Morgan fingerprint density at radius 2 is 2.10 bits per heavy atom. The quantitative estimate of drug-likeness (QED) is 0.888. The van der Waals surface area contributed by atoms with Crippen LogP contribution in [0.15, 0.2) is 18.2 Å². The Kier molecular flexibility index (Phi) is 4.86. The molecular weight excluding hydrogens is 276 g/mol. The van der Waals surface area contributed by atoms with Gasteiger partial charge in [0.2, 0.25) is 0 Å². The monoisotopic (exact) mass is 292 g/mol. The van der Waals surface area contributed by atoms with Gasteiger partial charge in [0.1, 0.15) is 12.1 Å². The Hall–Kier alpha value is -1.73. The molecule has 0 heterocycles. The smallest absolute Gasteiger partial charge is 0.326 e. The molecule has 1 fully saturated rings. The normalized spacial score (nSPS) is 17.2. The lowest BCUT2D eigenvalue weighted by molar-refractivity contribution is -0.139. The molecule has 0 bridgehead atoms. The van der Waals surface area contributed by atoms with E-state index in [4.69, 9.17) is 16.9 Å². The standard InChI is InChI=1S/C15H17ClN2O2/c16-12-6-7-13(11(8-12)9-17)18-14(15(19)20)10-4-2-1-3-5-10/h6-8,10,14,18H,1-5H2,(H,19,20). The molecule has 1 unspecified atom stereocenters. The number of hydrogen-bond acceptors (Lipinski definition) is 3. The number of nitriles is 1. The van der Waals surface area contributed by atoms with Crippen LogP contribution < -0.4 is 5.32 Å². The van der Waals surface area contributed by atoms with E-state index in [-0.39, 0.29) is 5.92 Å². The second kappa shape index (κ2) is 6.62. The fraction of sp³-hybridized carbons (Fsp3) is 0.467. The van der Waals surface area contributed by atoms with Crippen LogP contribution in [0.5, 0.6) is 0 Å². The van der Waals surface area contributed by atoms with Crippen molar-refractivity contribution in [2.75, 3.05) is 5.32 Å². The van der Waals surface area contributed by atoms with Gasteiger partial charge in [0, 0.05) is 5.02 Å². The number of rotatable bonds is 4. The summed E-state index contributed by atoms with van der Waals surface area (Å²) in [5.41, 5.74) is 0.912. The van der Waals surface area contributed by atoms with Gasteiger partial charge < -0.3 is 10.4 Å². The van der Waals surface area contributed by atoms with Crippen molar-refractivity contribution in [3.63, 3.8) is 0 Å². The molecule has 1 saturated carbocycles. The third-order valence-corrected chi connectivity index (χ3v) is 4.04. The average molecular weight is 293 g/mol. The number of halogens is 1. The van der Waals surface area contributed by atoms with Gasteiger partial charge in [-0.1, -0.05) is 30.9 Å². The van der Waals surface area contributed by atoms with Gasteiger partial charge in [-0.2, -0.15) is 5.26 Å². The third kappa shape index (κ3) is 3.43. The highest BCUT2D eigenvalue weighted by Crippen LogP contribution is 2.29. The van der Waals surface area contributed by atoms with Gasteiger partial charge in [-0.3, -0.25) is 0 Å². The van der Waals surface area contributed by atoms with Gasteiger partial charge in [-0.05, 0) is 37.0 Å². The van der Waals surface area contributed by atoms with Crippen molar-refractivity contribution in [2.45, 2.75) is 38.1 Å². The van der Waals surface area contributed by atoms with Crippen molar-refractivity contribution in [3.05, 3.63) is 28.8 Å². The molecule has 0 aromatic heterocycles. The molecule has 4 nitrogen and oxygen atoms in total. The summed E-state index contributed by atoms with van der Waals surface area (Å²) in [5, 5.41) is 22.0. The number of nitrogens with zero attached hydrogens (tertiary/aromatic N) is 1. The lowest BCUT2D eigenvalue weighted by atomic mass is 9.83. The Bertz CT molecular complexity index is 533. The minimum absolute atomic E-state index is 0.114. The molecule has 1 aliphatic rings. The van der Waals surface area contributed by atoms with Crippen molar-refractivity contribution in [3.8, 4) is 6.07 Å². The molecule has 0 saturated heterocycles. The van der Waals surface area contributed by atoms with Crippen LogP contribution in [0.25, 0.3) is 0 Å². The van der Waals surface area contributed by atoms with Crippen LogP contribution in [-0.4, -0.2) is 17.1 Å². The summed E-state index contributed by atoms with van der Waals surface area (Å²) in [5.74, 6) is -0.751. The van der Waals surface area contributed by atoms with Crippen molar-refractivity contribution in [1.82, 2.24) is 0 Å². The molecule has 0 amide bonds. The predicted octanol–water partition coefficient (Wildman–Crippen LogP) is 3.66. The number of hydrogen-bond donors (Lipinski definition) is 2. The van der Waals surface area contributed by atoms with E-state index in [0.29, 0.717) is 16.3 Å². The predicted molar refractivity (Wildman–Crippen MR) is 77.8 cm³/mol. The molecule has 2 rings (SSSR count). The second-order valence-electron chi connectivity index (χ2n) is 5.16. The third-order valence-electron chi connectivity index (χ3n) is 3.80. The van der Waals surface area contributed by atoms with E-state index in [0.717, 1.165) is 25.7 Å². The SMILES string of the molecule is N#Cc1cc(Cl)ccc1NC(C(=O)O)C1CCCCC1. The zero-order chi connectivity index (χ0) is 14.5. The maximum atomic E-state index is 11.5. The van der Waals surface area contributed by atoms with Gasteiger partial charge in [0.25, 0.3) is 0 Å². The topological polar surface area (TPSA) is 73.1 Å². The number of anilines is 1. The lowest BCUT2D eigenvalue weighted by Crippen LogP contribution is -2.38. The number of aliphatic carboxylic acids is 1. The minimum Gasteiger partial charge on any atom is -0.480 e. The van der Waals surface area contributed by atoms with Gasteiger partial charge >= 0.3 is 5.97 Å². The van der Waals surface area contributed by atoms with Crippen LogP contribution in [0.2, 0.25) is 5.02 Å². The summed E-state index contributed by atoms with van der Waals surface area (Å²) in [6.07, 6.45) is 5.15. The molecule has 0 spiro atoms. The van der Waals surface area contributed by atoms with E-state index in [1.807, 2.05) is 6.07 Å². The first kappa shape index (κ1) is 14.7. The fourth-order valence-corrected chi connectivity index (χ4v) is 2.92. The Labute approximate surface area is 123 Å². The number of nitrogens with one attached hydrogen (secondary N) is 1. The maximum absolute atomic E-state index is 11.5. The summed E-state index contributed by atoms with van der Waals surface area (Å²) >= 11 is 5.85. The van der Waals surface area contributed by atoms with Gasteiger partial charge in [0.15, 0.2) is 0 Å². The molecule has 20 heavy (non-hydrogen) atoms. The molecule has 1 aromatic carbocycles. The average Bonchev–Trinajstić information content (AvgIpc) is 2.46. The number of carboxylic acid groups (broad SMARTS) is 1. The molecule has 0 radical (unpaired) electrons. The Balaban J connectivity index is 2.20. The summed E-state index contributed by atoms with van der Waals surface area (Å²) in [6, 6.07) is 6.26.